The Morgan fingerprint density at radius 2 is 1.83 bits per heavy atom. The first-order chi connectivity index (χ1) is 13.9. The molecule has 0 unspecified atom stereocenters. The molecule has 11 heteroatoms. The van der Waals surface area contributed by atoms with Crippen molar-refractivity contribution >= 4 is 26.8 Å². The molecule has 0 amide bonds. The smallest absolute Gasteiger partial charge is 0.475 e. The minimum atomic E-state index is -5.08. The number of carbonyl (C=O) groups is 1. The highest BCUT2D eigenvalue weighted by Gasteiger charge is 2.38. The SMILES string of the molecule is Cc1nccc2c(S(=O)(=O)N[C@H](C)C3CCNCC3)cccc12.O=C(O)C(F)(F)F. The quantitative estimate of drug-likeness (QED) is 0.665. The number of sulfonamides is 1. The van der Waals surface area contributed by atoms with Crippen molar-refractivity contribution < 1.29 is 31.5 Å². The van der Waals surface area contributed by atoms with Crippen LogP contribution in [-0.2, 0) is 14.8 Å². The zero-order chi connectivity index (χ0) is 22.5. The van der Waals surface area contributed by atoms with Gasteiger partial charge in [0.25, 0.3) is 0 Å². The molecule has 0 saturated carbocycles. The van der Waals surface area contributed by atoms with Crippen molar-refractivity contribution in [2.24, 2.45) is 5.92 Å². The summed E-state index contributed by atoms with van der Waals surface area (Å²) in [6, 6.07) is 7.05. The van der Waals surface area contributed by atoms with Crippen LogP contribution in [0.4, 0.5) is 13.2 Å². The van der Waals surface area contributed by atoms with Gasteiger partial charge >= 0.3 is 12.1 Å². The lowest BCUT2D eigenvalue weighted by molar-refractivity contribution is -0.192. The molecule has 0 radical (unpaired) electrons. The second kappa shape index (κ2) is 9.71. The topological polar surface area (TPSA) is 108 Å². The van der Waals surface area contributed by atoms with Crippen molar-refractivity contribution in [1.29, 1.82) is 0 Å². The molecular weight excluding hydrogens is 423 g/mol. The Morgan fingerprint density at radius 3 is 2.40 bits per heavy atom. The van der Waals surface area contributed by atoms with Crippen LogP contribution in [0.15, 0.2) is 35.4 Å². The molecule has 30 heavy (non-hydrogen) atoms. The maximum Gasteiger partial charge on any atom is 0.490 e. The first-order valence-corrected chi connectivity index (χ1v) is 10.8. The Labute approximate surface area is 172 Å². The molecule has 3 N–H and O–H groups in total. The zero-order valence-corrected chi connectivity index (χ0v) is 17.3. The van der Waals surface area contributed by atoms with Gasteiger partial charge in [0.15, 0.2) is 0 Å². The number of benzene rings is 1. The molecule has 1 aliphatic heterocycles. The van der Waals surface area contributed by atoms with Gasteiger partial charge in [-0.05, 0) is 57.8 Å². The third kappa shape index (κ3) is 6.13. The van der Waals surface area contributed by atoms with Crippen molar-refractivity contribution in [3.63, 3.8) is 0 Å². The molecule has 0 aliphatic carbocycles. The van der Waals surface area contributed by atoms with Gasteiger partial charge < -0.3 is 10.4 Å². The van der Waals surface area contributed by atoms with Crippen molar-refractivity contribution in [1.82, 2.24) is 15.0 Å². The summed E-state index contributed by atoms with van der Waals surface area (Å²) in [6.45, 7) is 5.76. The standard InChI is InChI=1S/C17H23N3O2S.C2HF3O2/c1-12(14-6-9-18-10-7-14)20-23(21,22)17-5-3-4-15-13(2)19-11-8-16(15)17;3-2(4,5)1(6)7/h3-5,8,11-12,14,18,20H,6-7,9-10H2,1-2H3;(H,6,7)/t12-;/m1./s1. The van der Waals surface area contributed by atoms with Gasteiger partial charge in [-0.3, -0.25) is 4.98 Å². The minimum Gasteiger partial charge on any atom is -0.475 e. The number of alkyl halides is 3. The number of pyridine rings is 1. The van der Waals surface area contributed by atoms with E-state index in [1.807, 2.05) is 19.9 Å². The first-order valence-electron chi connectivity index (χ1n) is 9.31. The number of carboxylic acid groups (broad SMARTS) is 1. The Hall–Kier alpha value is -2.24. The number of carboxylic acids is 1. The molecule has 1 aromatic heterocycles. The second-order valence-electron chi connectivity index (χ2n) is 7.05. The highest BCUT2D eigenvalue weighted by Crippen LogP contribution is 2.25. The normalized spacial score (nSPS) is 16.6. The van der Waals surface area contributed by atoms with E-state index in [1.165, 1.54) is 0 Å². The van der Waals surface area contributed by atoms with Gasteiger partial charge in [0.1, 0.15) is 0 Å². The minimum absolute atomic E-state index is 0.0692. The third-order valence-corrected chi connectivity index (χ3v) is 6.55. The highest BCUT2D eigenvalue weighted by atomic mass is 32.2. The number of aliphatic carboxylic acids is 1. The first kappa shape index (κ1) is 24.0. The average molecular weight is 447 g/mol. The van der Waals surface area contributed by atoms with Crippen LogP contribution in [0.2, 0.25) is 0 Å². The van der Waals surface area contributed by atoms with Crippen molar-refractivity contribution in [3.05, 3.63) is 36.2 Å². The molecule has 1 aromatic carbocycles. The summed E-state index contributed by atoms with van der Waals surface area (Å²) in [6.07, 6.45) is -1.42. The van der Waals surface area contributed by atoms with E-state index in [4.69, 9.17) is 9.90 Å². The number of nitrogens with one attached hydrogen (secondary N) is 2. The van der Waals surface area contributed by atoms with Gasteiger partial charge in [-0.25, -0.2) is 17.9 Å². The van der Waals surface area contributed by atoms with Gasteiger partial charge in [-0.15, -0.1) is 0 Å². The maximum atomic E-state index is 12.9. The lowest BCUT2D eigenvalue weighted by Gasteiger charge is -2.28. The summed E-state index contributed by atoms with van der Waals surface area (Å²) >= 11 is 0. The van der Waals surface area contributed by atoms with Crippen LogP contribution in [-0.4, -0.2) is 49.8 Å². The Bertz CT molecular complexity index is 990. The zero-order valence-electron chi connectivity index (χ0n) is 16.5. The van der Waals surface area contributed by atoms with E-state index in [0.717, 1.165) is 42.4 Å². The van der Waals surface area contributed by atoms with Crippen LogP contribution in [0.5, 0.6) is 0 Å². The number of rotatable bonds is 4. The van der Waals surface area contributed by atoms with Crippen molar-refractivity contribution in [2.45, 2.75) is 43.8 Å². The average Bonchev–Trinajstić information content (AvgIpc) is 2.68. The molecule has 2 heterocycles. The molecule has 3 rings (SSSR count). The molecule has 1 aliphatic rings. The van der Waals surface area contributed by atoms with Gasteiger partial charge in [0, 0.05) is 28.7 Å². The molecule has 2 aromatic rings. The Kier molecular flexibility index (Phi) is 7.78. The molecule has 0 bridgehead atoms. The van der Waals surface area contributed by atoms with Gasteiger partial charge in [0.05, 0.1) is 4.90 Å². The van der Waals surface area contributed by atoms with E-state index >= 15 is 0 Å². The summed E-state index contributed by atoms with van der Waals surface area (Å²) in [7, 11) is -3.55. The lowest BCUT2D eigenvalue weighted by Crippen LogP contribution is -2.42. The van der Waals surface area contributed by atoms with Crippen LogP contribution in [0, 0.1) is 12.8 Å². The molecule has 7 nitrogen and oxygen atoms in total. The van der Waals surface area contributed by atoms with Crippen LogP contribution in [0.3, 0.4) is 0 Å². The van der Waals surface area contributed by atoms with Crippen LogP contribution in [0.25, 0.3) is 10.8 Å². The number of nitrogens with zero attached hydrogens (tertiary/aromatic N) is 1. The number of hydrogen-bond acceptors (Lipinski definition) is 5. The van der Waals surface area contributed by atoms with E-state index in [9.17, 15) is 21.6 Å². The molecule has 1 atom stereocenters. The van der Waals surface area contributed by atoms with Gasteiger partial charge in [-0.2, -0.15) is 13.2 Å². The van der Waals surface area contributed by atoms with Crippen molar-refractivity contribution in [2.75, 3.05) is 13.1 Å². The largest absolute Gasteiger partial charge is 0.490 e. The lowest BCUT2D eigenvalue weighted by atomic mass is 9.92. The number of halogens is 3. The fourth-order valence-electron chi connectivity index (χ4n) is 3.31. The summed E-state index contributed by atoms with van der Waals surface area (Å²) in [5.41, 5.74) is 0.839. The third-order valence-electron chi connectivity index (χ3n) is 4.93. The van der Waals surface area contributed by atoms with Gasteiger partial charge in [-0.1, -0.05) is 12.1 Å². The summed E-state index contributed by atoms with van der Waals surface area (Å²) < 4.78 is 60.3. The van der Waals surface area contributed by atoms with Crippen LogP contribution in [0.1, 0.15) is 25.5 Å². The fourth-order valence-corrected chi connectivity index (χ4v) is 4.84. The van der Waals surface area contributed by atoms with Gasteiger partial charge in [0.2, 0.25) is 10.0 Å². The number of aromatic nitrogens is 1. The van der Waals surface area contributed by atoms with E-state index < -0.39 is 22.2 Å². The second-order valence-corrected chi connectivity index (χ2v) is 8.73. The summed E-state index contributed by atoms with van der Waals surface area (Å²) in [5, 5.41) is 12.0. The number of hydrogen-bond donors (Lipinski definition) is 3. The summed E-state index contributed by atoms with van der Waals surface area (Å²) in [4.78, 5) is 13.5. The Balaban J connectivity index is 0.000000396. The van der Waals surface area contributed by atoms with E-state index in [0.29, 0.717) is 10.8 Å². The number of fused-ring (bicyclic) bond motifs is 1. The number of piperidine rings is 1. The maximum absolute atomic E-state index is 12.9. The van der Waals surface area contributed by atoms with Crippen LogP contribution >= 0.6 is 0 Å². The predicted octanol–water partition coefficient (Wildman–Crippen LogP) is 2.84. The van der Waals surface area contributed by atoms with E-state index in [1.54, 1.807) is 24.4 Å². The van der Waals surface area contributed by atoms with Crippen molar-refractivity contribution in [3.8, 4) is 0 Å². The van der Waals surface area contributed by atoms with E-state index in [-0.39, 0.29) is 6.04 Å². The molecule has 166 valence electrons. The van der Waals surface area contributed by atoms with Crippen LogP contribution < -0.4 is 10.0 Å². The Morgan fingerprint density at radius 1 is 1.23 bits per heavy atom. The molecular formula is C19H24F3N3O4S. The molecule has 1 fully saturated rings. The molecule has 1 saturated heterocycles. The monoisotopic (exact) mass is 447 g/mol. The highest BCUT2D eigenvalue weighted by molar-refractivity contribution is 7.89. The molecule has 0 spiro atoms. The number of aryl methyl sites for hydroxylation is 1. The fraction of sp³-hybridized carbons (Fsp3) is 0.474. The van der Waals surface area contributed by atoms with E-state index in [2.05, 4.69) is 15.0 Å². The predicted molar refractivity (Wildman–Crippen MR) is 106 cm³/mol. The summed E-state index contributed by atoms with van der Waals surface area (Å²) in [5.74, 6) is -2.38.